The Morgan fingerprint density at radius 3 is 1.36 bits per heavy atom. The van der Waals surface area contributed by atoms with Gasteiger partial charge in [0.25, 0.3) is 0 Å². The van der Waals surface area contributed by atoms with Crippen molar-refractivity contribution in [3.8, 4) is 23.7 Å². The molecule has 0 aliphatic heterocycles. The molecule has 0 N–H and O–H groups in total. The molecule has 2 heteroatoms. The van der Waals surface area contributed by atoms with Gasteiger partial charge in [0.1, 0.15) is 0 Å². The van der Waals surface area contributed by atoms with Crippen molar-refractivity contribution in [2.45, 2.75) is 20.3 Å². The maximum Gasteiger partial charge on any atom is 0.178 e. The van der Waals surface area contributed by atoms with Gasteiger partial charge in [-0.3, -0.25) is 9.59 Å². The van der Waals surface area contributed by atoms with Crippen LogP contribution in [0.4, 0.5) is 0 Å². The van der Waals surface area contributed by atoms with E-state index in [1.165, 1.54) is 24.3 Å². The fourth-order valence-electron chi connectivity index (χ4n) is 2.63. The number of carbonyl (C=O) groups is 2. The summed E-state index contributed by atoms with van der Waals surface area (Å²) in [4.78, 5) is 23.9. The zero-order chi connectivity index (χ0) is 23.7. The standard InChI is InChI=1S/C31H26O2/c1-26-13-3-4-14-27(2)16-12-24-31(33)22-10-8-20-29-18-6-5-17-28(25-29)19-7-9-21-30(32)23-11-15-26/h5-12,15-24H,25H2,1-2H3/b19-7-,20-8+,21-9+,22-10+,23-11+,24-12+,26-15-,27-16-. The average molecular weight is 431 g/mol. The molecule has 0 heterocycles. The van der Waals surface area contributed by atoms with Crippen LogP contribution in [-0.4, -0.2) is 11.6 Å². The Morgan fingerprint density at radius 2 is 0.909 bits per heavy atom. The van der Waals surface area contributed by atoms with Crippen LogP contribution in [0.25, 0.3) is 0 Å². The molecule has 2 bridgehead atoms. The van der Waals surface area contributed by atoms with Gasteiger partial charge in [0.15, 0.2) is 11.6 Å². The van der Waals surface area contributed by atoms with Crippen molar-refractivity contribution < 1.29 is 9.59 Å². The molecule has 2 aliphatic carbocycles. The van der Waals surface area contributed by atoms with Crippen LogP contribution in [0.5, 0.6) is 0 Å². The van der Waals surface area contributed by atoms with Crippen molar-refractivity contribution >= 4 is 11.6 Å². The smallest absolute Gasteiger partial charge is 0.178 e. The molecule has 2 rings (SSSR count). The fraction of sp³-hybridized carbons (Fsp3) is 0.0968. The van der Waals surface area contributed by atoms with E-state index in [1.807, 2.05) is 62.5 Å². The van der Waals surface area contributed by atoms with E-state index in [4.69, 9.17) is 0 Å². The number of carbonyl (C=O) groups excluding carboxylic acids is 2. The van der Waals surface area contributed by atoms with Crippen molar-refractivity contribution in [2.24, 2.45) is 0 Å². The normalized spacial score (nSPS) is 26.2. The lowest BCUT2D eigenvalue weighted by Gasteiger charge is -2.00. The van der Waals surface area contributed by atoms with Gasteiger partial charge in [-0.25, -0.2) is 0 Å². The van der Waals surface area contributed by atoms with Crippen molar-refractivity contribution in [1.29, 1.82) is 0 Å². The topological polar surface area (TPSA) is 34.1 Å². The van der Waals surface area contributed by atoms with Gasteiger partial charge in [0.05, 0.1) is 0 Å². The molecule has 0 saturated heterocycles. The second kappa shape index (κ2) is 14.6. The third-order valence-corrected chi connectivity index (χ3v) is 4.30. The molecular formula is C31H26O2. The number of rotatable bonds is 0. The van der Waals surface area contributed by atoms with E-state index in [0.29, 0.717) is 0 Å². The summed E-state index contributed by atoms with van der Waals surface area (Å²) in [6, 6.07) is 0. The first kappa shape index (κ1) is 24.9. The minimum absolute atomic E-state index is 0.101. The predicted molar refractivity (Wildman–Crippen MR) is 138 cm³/mol. The Balaban J connectivity index is 2.26. The second-order valence-electron chi connectivity index (χ2n) is 7.20. The molecule has 33 heavy (non-hydrogen) atoms. The summed E-state index contributed by atoms with van der Waals surface area (Å²) in [6.45, 7) is 3.71. The highest BCUT2D eigenvalue weighted by molar-refractivity contribution is 6.00. The van der Waals surface area contributed by atoms with E-state index in [-0.39, 0.29) is 11.6 Å². The molecule has 162 valence electrons. The van der Waals surface area contributed by atoms with Gasteiger partial charge in [-0.05, 0) is 78.7 Å². The molecule has 0 fully saturated rings. The Hall–Kier alpha value is -4.40. The number of hydrogen-bond acceptors (Lipinski definition) is 2. The molecule has 0 spiro atoms. The van der Waals surface area contributed by atoms with Crippen LogP contribution < -0.4 is 0 Å². The Kier molecular flexibility index (Phi) is 11.0. The maximum absolute atomic E-state index is 12.0. The molecule has 0 aromatic rings. The van der Waals surface area contributed by atoms with Gasteiger partial charge in [-0.15, -0.1) is 0 Å². The summed E-state index contributed by atoms with van der Waals surface area (Å²) in [6.07, 6.45) is 32.8. The van der Waals surface area contributed by atoms with Crippen LogP contribution in [0.15, 0.2) is 132 Å². The zero-order valence-electron chi connectivity index (χ0n) is 18.9. The summed E-state index contributed by atoms with van der Waals surface area (Å²) in [5.74, 6) is 11.2. The highest BCUT2D eigenvalue weighted by atomic mass is 16.1. The van der Waals surface area contributed by atoms with E-state index in [2.05, 4.69) is 23.7 Å². The molecule has 0 aromatic carbocycles. The second-order valence-corrected chi connectivity index (χ2v) is 7.20. The SMILES string of the molecule is C/C1=C/C=C/C(=O)/C=C/C=C\C2=CC=CC=C(/C=C/C=C/C(=O)/C=C/C=C(/C)C#CC#C1)C2. The van der Waals surface area contributed by atoms with Gasteiger partial charge < -0.3 is 0 Å². The fourth-order valence-corrected chi connectivity index (χ4v) is 2.63. The largest absolute Gasteiger partial charge is 0.290 e. The molecule has 0 radical (unpaired) electrons. The first-order valence-electron chi connectivity index (χ1n) is 10.6. The van der Waals surface area contributed by atoms with E-state index in [1.54, 1.807) is 36.5 Å². The van der Waals surface area contributed by atoms with E-state index in [0.717, 1.165) is 28.7 Å². The van der Waals surface area contributed by atoms with Crippen LogP contribution in [-0.2, 0) is 9.59 Å². The van der Waals surface area contributed by atoms with Crippen LogP contribution in [0, 0.1) is 23.7 Å². The third-order valence-electron chi connectivity index (χ3n) is 4.30. The molecular weight excluding hydrogens is 404 g/mol. The first-order chi connectivity index (χ1) is 16.0. The Labute approximate surface area is 196 Å². The third kappa shape index (κ3) is 11.5. The Bertz CT molecular complexity index is 1120. The zero-order valence-corrected chi connectivity index (χ0v) is 18.9. The highest BCUT2D eigenvalue weighted by Gasteiger charge is 1.98. The van der Waals surface area contributed by atoms with Crippen LogP contribution in [0.1, 0.15) is 20.3 Å². The van der Waals surface area contributed by atoms with Crippen molar-refractivity contribution in [1.82, 2.24) is 0 Å². The van der Waals surface area contributed by atoms with Crippen molar-refractivity contribution in [2.75, 3.05) is 0 Å². The summed E-state index contributed by atoms with van der Waals surface area (Å²) >= 11 is 0. The number of fused-ring (bicyclic) bond motifs is 2. The lowest BCUT2D eigenvalue weighted by Crippen LogP contribution is -1.84. The number of hydrogen-bond donors (Lipinski definition) is 0. The lowest BCUT2D eigenvalue weighted by molar-refractivity contribution is -0.111. The van der Waals surface area contributed by atoms with Gasteiger partial charge in [0, 0.05) is 0 Å². The molecule has 0 atom stereocenters. The maximum atomic E-state index is 12.0. The predicted octanol–water partition coefficient (Wildman–Crippen LogP) is 6.19. The number of ketones is 2. The molecule has 2 nitrogen and oxygen atoms in total. The van der Waals surface area contributed by atoms with Gasteiger partial charge in [-0.2, -0.15) is 0 Å². The molecule has 0 aromatic heterocycles. The molecule has 0 saturated carbocycles. The van der Waals surface area contributed by atoms with Crippen LogP contribution in [0.3, 0.4) is 0 Å². The molecule has 0 unspecified atom stereocenters. The van der Waals surface area contributed by atoms with Crippen LogP contribution in [0.2, 0.25) is 0 Å². The van der Waals surface area contributed by atoms with Gasteiger partial charge >= 0.3 is 0 Å². The summed E-state index contributed by atoms with van der Waals surface area (Å²) < 4.78 is 0. The van der Waals surface area contributed by atoms with Crippen molar-refractivity contribution in [3.63, 3.8) is 0 Å². The summed E-state index contributed by atoms with van der Waals surface area (Å²) in [5.41, 5.74) is 3.82. The minimum Gasteiger partial charge on any atom is -0.290 e. The molecule has 0 amide bonds. The van der Waals surface area contributed by atoms with Gasteiger partial charge in [-0.1, -0.05) is 96.9 Å². The number of allylic oxidation sites excluding steroid dienone is 22. The van der Waals surface area contributed by atoms with Gasteiger partial charge in [0.2, 0.25) is 0 Å². The monoisotopic (exact) mass is 430 g/mol. The highest BCUT2D eigenvalue weighted by Crippen LogP contribution is 2.17. The summed E-state index contributed by atoms with van der Waals surface area (Å²) in [5, 5.41) is 0. The molecule has 2 aliphatic rings. The first-order valence-corrected chi connectivity index (χ1v) is 10.6. The average Bonchev–Trinajstić information content (AvgIpc) is 3.02. The summed E-state index contributed by atoms with van der Waals surface area (Å²) in [7, 11) is 0. The minimum atomic E-state index is -0.101. The van der Waals surface area contributed by atoms with E-state index >= 15 is 0 Å². The van der Waals surface area contributed by atoms with Crippen molar-refractivity contribution in [3.05, 3.63) is 132 Å². The quantitative estimate of drug-likeness (QED) is 0.430. The van der Waals surface area contributed by atoms with Crippen LogP contribution >= 0.6 is 0 Å². The Morgan fingerprint density at radius 1 is 0.515 bits per heavy atom. The van der Waals surface area contributed by atoms with E-state index < -0.39 is 0 Å². The lowest BCUT2D eigenvalue weighted by atomic mass is 10.0. The van der Waals surface area contributed by atoms with E-state index in [9.17, 15) is 9.59 Å².